The molecular formula is C25H22N2O4S. The van der Waals surface area contributed by atoms with Gasteiger partial charge in [0.2, 0.25) is 0 Å². The Hall–Kier alpha value is -3.45. The molecule has 2 heterocycles. The zero-order chi connectivity index (χ0) is 22.1. The van der Waals surface area contributed by atoms with Crippen LogP contribution in [0.5, 0.6) is 0 Å². The van der Waals surface area contributed by atoms with Crippen LogP contribution in [0.25, 0.3) is 22.1 Å². The molecule has 4 aromatic rings. The van der Waals surface area contributed by atoms with Gasteiger partial charge in [0, 0.05) is 24.2 Å². The molecule has 0 N–H and O–H groups in total. The molecule has 1 fully saturated rings. The van der Waals surface area contributed by atoms with Gasteiger partial charge >= 0.3 is 0 Å². The van der Waals surface area contributed by atoms with E-state index < -0.39 is 15.9 Å². The van der Waals surface area contributed by atoms with Gasteiger partial charge in [-0.15, -0.1) is 0 Å². The molecule has 0 saturated carbocycles. The van der Waals surface area contributed by atoms with Crippen LogP contribution in [0, 0.1) is 0 Å². The van der Waals surface area contributed by atoms with Gasteiger partial charge in [0.05, 0.1) is 11.5 Å². The number of carbonyl (C=O) groups excluding carboxylic acids is 1. The lowest BCUT2D eigenvalue weighted by Gasteiger charge is -2.28. The molecule has 1 atom stereocenters. The SMILES string of the molecule is O=C(c1cc(-c2ccccc2)on1)N(Cc1cccc2ccccc12)[C@H]1CCS(=O)(=O)C1. The van der Waals surface area contributed by atoms with Crippen molar-refractivity contribution in [2.75, 3.05) is 11.5 Å². The number of aromatic nitrogens is 1. The molecule has 5 rings (SSSR count). The smallest absolute Gasteiger partial charge is 0.276 e. The van der Waals surface area contributed by atoms with Crippen LogP contribution in [-0.4, -0.2) is 41.9 Å². The Kier molecular flexibility index (Phi) is 5.27. The van der Waals surface area contributed by atoms with Crippen LogP contribution in [0.1, 0.15) is 22.5 Å². The van der Waals surface area contributed by atoms with E-state index in [0.29, 0.717) is 18.7 Å². The van der Waals surface area contributed by atoms with Gasteiger partial charge in [-0.2, -0.15) is 0 Å². The molecule has 0 spiro atoms. The highest BCUT2D eigenvalue weighted by Crippen LogP contribution is 2.27. The maximum absolute atomic E-state index is 13.5. The van der Waals surface area contributed by atoms with Crippen LogP contribution < -0.4 is 0 Å². The van der Waals surface area contributed by atoms with Crippen molar-refractivity contribution >= 4 is 26.5 Å². The molecule has 32 heavy (non-hydrogen) atoms. The third-order valence-electron chi connectivity index (χ3n) is 5.92. The highest BCUT2D eigenvalue weighted by atomic mass is 32.2. The molecule has 3 aromatic carbocycles. The van der Waals surface area contributed by atoms with Crippen molar-refractivity contribution in [1.29, 1.82) is 0 Å². The molecule has 1 amide bonds. The summed E-state index contributed by atoms with van der Waals surface area (Å²) in [7, 11) is -3.17. The fraction of sp³-hybridized carbons (Fsp3) is 0.200. The van der Waals surface area contributed by atoms with Gasteiger partial charge in [-0.05, 0) is 22.8 Å². The number of nitrogens with zero attached hydrogens (tertiary/aromatic N) is 2. The average molecular weight is 447 g/mol. The minimum atomic E-state index is -3.17. The number of carbonyl (C=O) groups is 1. The maximum Gasteiger partial charge on any atom is 0.276 e. The molecule has 0 bridgehead atoms. The largest absolute Gasteiger partial charge is 0.355 e. The van der Waals surface area contributed by atoms with Crippen molar-refractivity contribution in [2.45, 2.75) is 19.0 Å². The first-order valence-electron chi connectivity index (χ1n) is 10.5. The lowest BCUT2D eigenvalue weighted by atomic mass is 10.0. The zero-order valence-electron chi connectivity index (χ0n) is 17.3. The third-order valence-corrected chi connectivity index (χ3v) is 7.67. The lowest BCUT2D eigenvalue weighted by Crippen LogP contribution is -2.40. The second kappa shape index (κ2) is 8.24. The number of hydrogen-bond acceptors (Lipinski definition) is 5. The third kappa shape index (κ3) is 4.03. The van der Waals surface area contributed by atoms with E-state index in [0.717, 1.165) is 21.9 Å². The fourth-order valence-electron chi connectivity index (χ4n) is 4.26. The van der Waals surface area contributed by atoms with E-state index in [-0.39, 0.29) is 23.1 Å². The summed E-state index contributed by atoms with van der Waals surface area (Å²) in [6.45, 7) is 0.300. The number of sulfone groups is 1. The Morgan fingerprint density at radius 2 is 1.75 bits per heavy atom. The van der Waals surface area contributed by atoms with Crippen LogP contribution in [0.3, 0.4) is 0 Å². The highest BCUT2D eigenvalue weighted by Gasteiger charge is 2.36. The summed E-state index contributed by atoms with van der Waals surface area (Å²) in [5, 5.41) is 6.12. The van der Waals surface area contributed by atoms with Crippen molar-refractivity contribution in [3.63, 3.8) is 0 Å². The number of fused-ring (bicyclic) bond motifs is 1. The van der Waals surface area contributed by atoms with Gasteiger partial charge in [0.1, 0.15) is 0 Å². The predicted octanol–water partition coefficient (Wildman–Crippen LogP) is 4.32. The van der Waals surface area contributed by atoms with Crippen molar-refractivity contribution in [1.82, 2.24) is 10.1 Å². The van der Waals surface area contributed by atoms with Gasteiger partial charge < -0.3 is 9.42 Å². The summed E-state index contributed by atoms with van der Waals surface area (Å²) < 4.78 is 29.8. The normalized spacial score (nSPS) is 17.4. The summed E-state index contributed by atoms with van der Waals surface area (Å²) in [5.41, 5.74) is 1.96. The summed E-state index contributed by atoms with van der Waals surface area (Å²) >= 11 is 0. The summed E-state index contributed by atoms with van der Waals surface area (Å²) in [6, 6.07) is 24.6. The minimum absolute atomic E-state index is 0.0348. The summed E-state index contributed by atoms with van der Waals surface area (Å²) in [4.78, 5) is 15.2. The van der Waals surface area contributed by atoms with E-state index in [4.69, 9.17) is 4.52 Å². The van der Waals surface area contributed by atoms with Crippen LogP contribution >= 0.6 is 0 Å². The Morgan fingerprint density at radius 1 is 1.00 bits per heavy atom. The van der Waals surface area contributed by atoms with E-state index >= 15 is 0 Å². The standard InChI is InChI=1S/C25H22N2O4S/c28-25(23-15-24(31-26-23)19-8-2-1-3-9-19)27(21-13-14-32(29,30)17-21)16-20-11-6-10-18-7-4-5-12-22(18)20/h1-12,15,21H,13-14,16-17H2/t21-/m0/s1. The Balaban J connectivity index is 1.50. The highest BCUT2D eigenvalue weighted by molar-refractivity contribution is 7.91. The van der Waals surface area contributed by atoms with Crippen molar-refractivity contribution in [2.24, 2.45) is 0 Å². The molecule has 1 aliphatic rings. The Bertz CT molecular complexity index is 1370. The molecule has 1 aromatic heterocycles. The van der Waals surface area contributed by atoms with E-state index in [1.165, 1.54) is 0 Å². The number of rotatable bonds is 5. The van der Waals surface area contributed by atoms with Gasteiger partial charge in [-0.3, -0.25) is 4.79 Å². The molecule has 0 aliphatic carbocycles. The Labute approximate surface area is 186 Å². The molecule has 0 radical (unpaired) electrons. The predicted molar refractivity (Wildman–Crippen MR) is 123 cm³/mol. The first-order chi connectivity index (χ1) is 15.5. The zero-order valence-corrected chi connectivity index (χ0v) is 18.2. The Morgan fingerprint density at radius 3 is 2.53 bits per heavy atom. The quantitative estimate of drug-likeness (QED) is 0.456. The second-order valence-corrected chi connectivity index (χ2v) is 10.3. The summed E-state index contributed by atoms with van der Waals surface area (Å²) in [6.07, 6.45) is 0.419. The van der Waals surface area contributed by atoms with E-state index in [1.807, 2.05) is 72.8 Å². The van der Waals surface area contributed by atoms with Crippen LogP contribution in [0.15, 0.2) is 83.4 Å². The van der Waals surface area contributed by atoms with Crippen LogP contribution in [-0.2, 0) is 16.4 Å². The van der Waals surface area contributed by atoms with E-state index in [9.17, 15) is 13.2 Å². The van der Waals surface area contributed by atoms with Gasteiger partial charge in [-0.25, -0.2) is 8.42 Å². The fourth-order valence-corrected chi connectivity index (χ4v) is 5.99. The minimum Gasteiger partial charge on any atom is -0.355 e. The van der Waals surface area contributed by atoms with Crippen molar-refractivity contribution in [3.8, 4) is 11.3 Å². The number of amides is 1. The van der Waals surface area contributed by atoms with E-state index in [1.54, 1.807) is 11.0 Å². The van der Waals surface area contributed by atoms with Crippen molar-refractivity contribution in [3.05, 3.63) is 90.1 Å². The summed E-state index contributed by atoms with van der Waals surface area (Å²) in [5.74, 6) is 0.224. The van der Waals surface area contributed by atoms with Crippen LogP contribution in [0.2, 0.25) is 0 Å². The van der Waals surface area contributed by atoms with Gasteiger partial charge in [0.15, 0.2) is 21.3 Å². The molecule has 162 valence electrons. The molecule has 1 saturated heterocycles. The topological polar surface area (TPSA) is 80.5 Å². The molecule has 7 heteroatoms. The second-order valence-electron chi connectivity index (χ2n) is 8.07. The number of hydrogen-bond donors (Lipinski definition) is 0. The van der Waals surface area contributed by atoms with Gasteiger partial charge in [0.25, 0.3) is 5.91 Å². The molecule has 0 unspecified atom stereocenters. The first kappa shape index (κ1) is 20.5. The monoisotopic (exact) mass is 446 g/mol. The lowest BCUT2D eigenvalue weighted by molar-refractivity contribution is 0.0671. The average Bonchev–Trinajstić information content (AvgIpc) is 3.44. The van der Waals surface area contributed by atoms with Crippen molar-refractivity contribution < 1.29 is 17.7 Å². The van der Waals surface area contributed by atoms with Gasteiger partial charge in [-0.1, -0.05) is 78.0 Å². The maximum atomic E-state index is 13.5. The number of benzene rings is 3. The van der Waals surface area contributed by atoms with Crippen LogP contribution in [0.4, 0.5) is 0 Å². The molecule has 1 aliphatic heterocycles. The first-order valence-corrected chi connectivity index (χ1v) is 12.3. The molecular weight excluding hydrogens is 424 g/mol. The molecule has 6 nitrogen and oxygen atoms in total. The van der Waals surface area contributed by atoms with E-state index in [2.05, 4.69) is 5.16 Å².